The molecule has 102 valence electrons. The minimum atomic E-state index is -0.578. The molecular weight excluding hydrogens is 250 g/mol. The van der Waals surface area contributed by atoms with Gasteiger partial charge in [0.2, 0.25) is 0 Å². The highest BCUT2D eigenvalue weighted by Crippen LogP contribution is 2.19. The summed E-state index contributed by atoms with van der Waals surface area (Å²) in [6, 6.07) is 13.9. The molecule has 0 saturated carbocycles. The molecule has 0 bridgehead atoms. The molecule has 0 amide bonds. The zero-order valence-electron chi connectivity index (χ0n) is 11.4. The first-order valence-electron chi connectivity index (χ1n) is 6.82. The van der Waals surface area contributed by atoms with E-state index < -0.39 is 6.10 Å². The van der Waals surface area contributed by atoms with E-state index in [4.69, 9.17) is 0 Å². The normalized spacial score (nSPS) is 12.7. The predicted octanol–water partition coefficient (Wildman–Crippen LogP) is 2.73. The van der Waals surface area contributed by atoms with Gasteiger partial charge in [-0.1, -0.05) is 24.3 Å². The van der Waals surface area contributed by atoms with Gasteiger partial charge >= 0.3 is 0 Å². The third kappa shape index (κ3) is 2.42. The molecule has 3 rings (SSSR count). The highest BCUT2D eigenvalue weighted by molar-refractivity contribution is 5.78. The fourth-order valence-electron chi connectivity index (χ4n) is 2.41. The Bertz CT molecular complexity index is 720. The summed E-state index contributed by atoms with van der Waals surface area (Å²) in [7, 11) is 0. The van der Waals surface area contributed by atoms with Gasteiger partial charge in [0, 0.05) is 30.2 Å². The number of aliphatic hydroxyl groups excluding tert-OH is 1. The standard InChI is InChI=1S/C16H17N3O/c1-2-19-15(9-10-17-19)16(20)11-13-8-7-12-5-3-4-6-14(12)18-13/h3-10,16,20H,2,11H2,1H3. The molecule has 0 aliphatic carbocycles. The highest BCUT2D eigenvalue weighted by atomic mass is 16.3. The maximum Gasteiger partial charge on any atom is 0.101 e. The average molecular weight is 267 g/mol. The Morgan fingerprint density at radius 3 is 2.85 bits per heavy atom. The molecule has 0 saturated heterocycles. The van der Waals surface area contributed by atoms with Gasteiger partial charge in [0.25, 0.3) is 0 Å². The zero-order valence-corrected chi connectivity index (χ0v) is 11.4. The van der Waals surface area contributed by atoms with Crippen molar-refractivity contribution in [3.05, 3.63) is 60.0 Å². The molecule has 20 heavy (non-hydrogen) atoms. The van der Waals surface area contributed by atoms with Gasteiger partial charge in [-0.3, -0.25) is 9.67 Å². The van der Waals surface area contributed by atoms with Crippen molar-refractivity contribution >= 4 is 10.9 Å². The number of nitrogens with zero attached hydrogens (tertiary/aromatic N) is 3. The molecule has 1 N–H and O–H groups in total. The lowest BCUT2D eigenvalue weighted by Crippen LogP contribution is -2.10. The van der Waals surface area contributed by atoms with E-state index in [-0.39, 0.29) is 0 Å². The van der Waals surface area contributed by atoms with Gasteiger partial charge in [0.05, 0.1) is 11.2 Å². The third-order valence-corrected chi connectivity index (χ3v) is 3.45. The molecule has 0 fully saturated rings. The number of pyridine rings is 1. The Labute approximate surface area is 117 Å². The number of aryl methyl sites for hydroxylation is 1. The Balaban J connectivity index is 1.85. The van der Waals surface area contributed by atoms with Crippen LogP contribution >= 0.6 is 0 Å². The van der Waals surface area contributed by atoms with Crippen LogP contribution in [0.3, 0.4) is 0 Å². The smallest absolute Gasteiger partial charge is 0.101 e. The average Bonchev–Trinajstić information content (AvgIpc) is 2.95. The maximum atomic E-state index is 10.3. The van der Waals surface area contributed by atoms with Crippen LogP contribution in [-0.4, -0.2) is 19.9 Å². The van der Waals surface area contributed by atoms with E-state index in [1.54, 1.807) is 6.20 Å². The van der Waals surface area contributed by atoms with Crippen molar-refractivity contribution in [3.63, 3.8) is 0 Å². The van der Waals surface area contributed by atoms with Crippen LogP contribution in [0.15, 0.2) is 48.7 Å². The Morgan fingerprint density at radius 1 is 1.15 bits per heavy atom. The van der Waals surface area contributed by atoms with Gasteiger partial charge in [-0.25, -0.2) is 0 Å². The Morgan fingerprint density at radius 2 is 2.00 bits per heavy atom. The van der Waals surface area contributed by atoms with Crippen LogP contribution in [0.2, 0.25) is 0 Å². The molecule has 2 aromatic heterocycles. The number of fused-ring (bicyclic) bond motifs is 1. The van der Waals surface area contributed by atoms with Crippen LogP contribution in [0.5, 0.6) is 0 Å². The van der Waals surface area contributed by atoms with Crippen molar-refractivity contribution in [3.8, 4) is 0 Å². The second-order valence-corrected chi connectivity index (χ2v) is 4.79. The van der Waals surface area contributed by atoms with Gasteiger partial charge in [-0.05, 0) is 25.1 Å². The van der Waals surface area contributed by atoms with E-state index in [0.29, 0.717) is 6.42 Å². The third-order valence-electron chi connectivity index (χ3n) is 3.45. The van der Waals surface area contributed by atoms with Crippen LogP contribution in [0.1, 0.15) is 24.4 Å². The van der Waals surface area contributed by atoms with Crippen LogP contribution < -0.4 is 0 Å². The minimum absolute atomic E-state index is 0.497. The summed E-state index contributed by atoms with van der Waals surface area (Å²) in [5.41, 5.74) is 2.68. The van der Waals surface area contributed by atoms with Gasteiger partial charge in [0.1, 0.15) is 6.10 Å². The lowest BCUT2D eigenvalue weighted by molar-refractivity contribution is 0.166. The minimum Gasteiger partial charge on any atom is -0.386 e. The number of hydrogen-bond acceptors (Lipinski definition) is 3. The summed E-state index contributed by atoms with van der Waals surface area (Å²) in [4.78, 5) is 4.59. The molecule has 3 aromatic rings. The zero-order chi connectivity index (χ0) is 13.9. The lowest BCUT2D eigenvalue weighted by Gasteiger charge is -2.12. The van der Waals surface area contributed by atoms with Crippen molar-refractivity contribution in [2.75, 3.05) is 0 Å². The summed E-state index contributed by atoms with van der Waals surface area (Å²) in [6.45, 7) is 2.77. The summed E-state index contributed by atoms with van der Waals surface area (Å²) in [5.74, 6) is 0. The van der Waals surface area contributed by atoms with Crippen molar-refractivity contribution in [2.24, 2.45) is 0 Å². The van der Waals surface area contributed by atoms with Crippen molar-refractivity contribution in [1.29, 1.82) is 0 Å². The van der Waals surface area contributed by atoms with Crippen LogP contribution in [0.4, 0.5) is 0 Å². The van der Waals surface area contributed by atoms with Crippen molar-refractivity contribution in [2.45, 2.75) is 26.0 Å². The van der Waals surface area contributed by atoms with E-state index in [9.17, 15) is 5.11 Å². The highest BCUT2D eigenvalue weighted by Gasteiger charge is 2.14. The van der Waals surface area contributed by atoms with Crippen molar-refractivity contribution < 1.29 is 5.11 Å². The number of rotatable bonds is 4. The Kier molecular flexibility index (Phi) is 3.48. The molecule has 0 aliphatic rings. The Hall–Kier alpha value is -2.20. The summed E-state index contributed by atoms with van der Waals surface area (Å²) in [5, 5.41) is 15.6. The first-order chi connectivity index (χ1) is 9.78. The van der Waals surface area contributed by atoms with Crippen LogP contribution in [-0.2, 0) is 13.0 Å². The lowest BCUT2D eigenvalue weighted by atomic mass is 10.1. The summed E-state index contributed by atoms with van der Waals surface area (Å²) in [6.07, 6.45) is 1.64. The van der Waals surface area contributed by atoms with Crippen LogP contribution in [0, 0.1) is 0 Å². The second kappa shape index (κ2) is 5.43. The number of hydrogen-bond donors (Lipinski definition) is 1. The SMILES string of the molecule is CCn1nccc1C(O)Cc1ccc2ccccc2n1. The molecule has 0 radical (unpaired) electrons. The molecule has 2 heterocycles. The fraction of sp³-hybridized carbons (Fsp3) is 0.250. The van der Waals surface area contributed by atoms with E-state index in [2.05, 4.69) is 10.1 Å². The van der Waals surface area contributed by atoms with Gasteiger partial charge in [-0.2, -0.15) is 5.10 Å². The monoisotopic (exact) mass is 267 g/mol. The first-order valence-corrected chi connectivity index (χ1v) is 6.82. The summed E-state index contributed by atoms with van der Waals surface area (Å²) >= 11 is 0. The maximum absolute atomic E-state index is 10.3. The van der Waals surface area contributed by atoms with Gasteiger partial charge < -0.3 is 5.11 Å². The molecule has 0 spiro atoms. The van der Waals surface area contributed by atoms with Gasteiger partial charge in [-0.15, -0.1) is 0 Å². The number of para-hydroxylation sites is 1. The van der Waals surface area contributed by atoms with E-state index >= 15 is 0 Å². The van der Waals surface area contributed by atoms with Crippen molar-refractivity contribution in [1.82, 2.24) is 14.8 Å². The van der Waals surface area contributed by atoms with Crippen LogP contribution in [0.25, 0.3) is 10.9 Å². The number of aromatic nitrogens is 3. The van der Waals surface area contributed by atoms with E-state index in [0.717, 1.165) is 28.8 Å². The predicted molar refractivity (Wildman–Crippen MR) is 78.3 cm³/mol. The van der Waals surface area contributed by atoms with Gasteiger partial charge in [0.15, 0.2) is 0 Å². The quantitative estimate of drug-likeness (QED) is 0.790. The second-order valence-electron chi connectivity index (χ2n) is 4.79. The van der Waals surface area contributed by atoms with E-state index in [1.807, 2.05) is 54.1 Å². The molecule has 1 aromatic carbocycles. The topological polar surface area (TPSA) is 50.9 Å². The van der Waals surface area contributed by atoms with E-state index in [1.165, 1.54) is 0 Å². The number of aliphatic hydroxyl groups is 1. The first kappa shape index (κ1) is 12.8. The molecule has 1 unspecified atom stereocenters. The largest absolute Gasteiger partial charge is 0.386 e. The molecular formula is C16H17N3O. The number of benzene rings is 1. The molecule has 0 aliphatic heterocycles. The summed E-state index contributed by atoms with van der Waals surface area (Å²) < 4.78 is 1.81. The fourth-order valence-corrected chi connectivity index (χ4v) is 2.41. The molecule has 4 heteroatoms. The molecule has 1 atom stereocenters. The molecule has 4 nitrogen and oxygen atoms in total.